The van der Waals surface area contributed by atoms with E-state index in [1.54, 1.807) is 11.1 Å². The van der Waals surface area contributed by atoms with Crippen molar-refractivity contribution in [3.05, 3.63) is 71.3 Å². The van der Waals surface area contributed by atoms with Crippen LogP contribution in [0.25, 0.3) is 0 Å². The van der Waals surface area contributed by atoms with Crippen LogP contribution in [0.5, 0.6) is 0 Å². The van der Waals surface area contributed by atoms with E-state index >= 15 is 0 Å². The fourth-order valence-electron chi connectivity index (χ4n) is 7.50. The quantitative estimate of drug-likeness (QED) is 0.432. The maximum Gasteiger partial charge on any atom is 0.0612 e. The molecule has 2 aliphatic heterocycles. The number of benzene rings is 2. The molecule has 2 aromatic carbocycles. The smallest absolute Gasteiger partial charge is 0.0612 e. The molecule has 1 saturated heterocycles. The van der Waals surface area contributed by atoms with E-state index in [1.165, 1.54) is 70.1 Å². The van der Waals surface area contributed by atoms with Crippen molar-refractivity contribution in [3.8, 4) is 0 Å². The molecular formula is C31H44N2O. The van der Waals surface area contributed by atoms with Crippen LogP contribution in [0.3, 0.4) is 0 Å². The summed E-state index contributed by atoms with van der Waals surface area (Å²) in [6.07, 6.45) is 9.31. The van der Waals surface area contributed by atoms with Gasteiger partial charge in [0, 0.05) is 31.7 Å². The Labute approximate surface area is 207 Å². The van der Waals surface area contributed by atoms with E-state index in [1.807, 2.05) is 0 Å². The Kier molecular flexibility index (Phi) is 7.73. The van der Waals surface area contributed by atoms with Gasteiger partial charge in [-0.15, -0.1) is 0 Å². The second-order valence-electron chi connectivity index (χ2n) is 11.2. The van der Waals surface area contributed by atoms with Crippen molar-refractivity contribution in [1.29, 1.82) is 0 Å². The first-order chi connectivity index (χ1) is 16.7. The summed E-state index contributed by atoms with van der Waals surface area (Å²) in [7, 11) is 2.34. The molecule has 0 bridgehead atoms. The molecule has 2 heterocycles. The number of fused-ring (bicyclic) bond motifs is 1. The van der Waals surface area contributed by atoms with Gasteiger partial charge < -0.3 is 9.64 Å². The zero-order chi connectivity index (χ0) is 23.4. The summed E-state index contributed by atoms with van der Waals surface area (Å²) in [5, 5.41) is 0. The minimum atomic E-state index is 0.218. The number of ether oxygens (including phenoxy) is 1. The minimum absolute atomic E-state index is 0.218. The van der Waals surface area contributed by atoms with Crippen LogP contribution in [0.4, 0.5) is 0 Å². The first kappa shape index (κ1) is 24.0. The third-order valence-corrected chi connectivity index (χ3v) is 9.00. The van der Waals surface area contributed by atoms with Crippen molar-refractivity contribution in [3.63, 3.8) is 0 Å². The van der Waals surface area contributed by atoms with E-state index in [0.717, 1.165) is 25.6 Å². The normalized spacial score (nSPS) is 28.8. The number of piperidine rings is 1. The molecule has 34 heavy (non-hydrogen) atoms. The molecule has 1 unspecified atom stereocenters. The summed E-state index contributed by atoms with van der Waals surface area (Å²) in [6, 6.07) is 20.4. The summed E-state index contributed by atoms with van der Waals surface area (Å²) >= 11 is 0. The Balaban J connectivity index is 1.42. The molecule has 0 N–H and O–H groups in total. The van der Waals surface area contributed by atoms with Gasteiger partial charge in [0.15, 0.2) is 0 Å². The number of nitrogens with zero attached hydrogens (tertiary/aromatic N) is 2. The zero-order valence-electron chi connectivity index (χ0n) is 21.4. The van der Waals surface area contributed by atoms with E-state index in [-0.39, 0.29) is 5.41 Å². The van der Waals surface area contributed by atoms with Gasteiger partial charge in [-0.1, -0.05) is 74.4 Å². The fourth-order valence-corrected chi connectivity index (χ4v) is 7.50. The Morgan fingerprint density at radius 1 is 0.941 bits per heavy atom. The lowest BCUT2D eigenvalue weighted by molar-refractivity contribution is -0.0387. The number of unbranched alkanes of at least 4 members (excludes halogenated alkanes) is 1. The van der Waals surface area contributed by atoms with E-state index < -0.39 is 0 Å². The fraction of sp³-hybridized carbons (Fsp3) is 0.613. The van der Waals surface area contributed by atoms with Crippen LogP contribution in [-0.2, 0) is 23.2 Å². The summed E-state index contributed by atoms with van der Waals surface area (Å²) in [6.45, 7) is 8.98. The Hall–Kier alpha value is -1.68. The molecule has 3 heteroatoms. The lowest BCUT2D eigenvalue weighted by Gasteiger charge is -2.54. The van der Waals surface area contributed by atoms with Crippen LogP contribution >= 0.6 is 0 Å². The Bertz CT molecular complexity index is 907. The van der Waals surface area contributed by atoms with E-state index in [2.05, 4.69) is 78.4 Å². The first-order valence-electron chi connectivity index (χ1n) is 13.9. The van der Waals surface area contributed by atoms with Crippen molar-refractivity contribution in [2.45, 2.75) is 76.5 Å². The van der Waals surface area contributed by atoms with Gasteiger partial charge in [0.1, 0.15) is 0 Å². The van der Waals surface area contributed by atoms with E-state index in [9.17, 15) is 0 Å². The van der Waals surface area contributed by atoms with Gasteiger partial charge >= 0.3 is 0 Å². The Morgan fingerprint density at radius 2 is 1.71 bits per heavy atom. The number of likely N-dealkylation sites (N-methyl/N-ethyl adjacent to an activating group) is 1. The average molecular weight is 461 g/mol. The average Bonchev–Trinajstić information content (AvgIpc) is 3.34. The third kappa shape index (κ3) is 4.85. The molecule has 3 aliphatic rings. The molecule has 3 atom stereocenters. The summed E-state index contributed by atoms with van der Waals surface area (Å²) in [5.41, 5.74) is 4.88. The molecule has 0 spiro atoms. The van der Waals surface area contributed by atoms with Gasteiger partial charge in [-0.2, -0.15) is 0 Å². The monoisotopic (exact) mass is 460 g/mol. The second kappa shape index (κ2) is 10.9. The van der Waals surface area contributed by atoms with Crippen LogP contribution in [0, 0.1) is 11.8 Å². The SMILES string of the molecule is CCCCO[C@H]1CCC[C@@H]1C1(C2CCN(Cc3ccccc3)CC2)CN(C)Cc2ccccc21. The highest BCUT2D eigenvalue weighted by Gasteiger charge is 2.54. The lowest BCUT2D eigenvalue weighted by atomic mass is 9.56. The Morgan fingerprint density at radius 3 is 2.50 bits per heavy atom. The minimum Gasteiger partial charge on any atom is -0.378 e. The molecule has 1 saturated carbocycles. The zero-order valence-corrected chi connectivity index (χ0v) is 21.4. The van der Waals surface area contributed by atoms with Gasteiger partial charge in [-0.05, 0) is 80.8 Å². The predicted molar refractivity (Wildman–Crippen MR) is 141 cm³/mol. The van der Waals surface area contributed by atoms with E-state index in [0.29, 0.717) is 12.0 Å². The standard InChI is InChI=1S/C31H44N2O/c1-3-4-21-34-30-16-10-15-29(30)31(24-32(2)23-26-13-8-9-14-28(26)31)27-17-19-33(20-18-27)22-25-11-6-5-7-12-25/h5-9,11-14,27,29-30H,3-4,10,15-24H2,1-2H3/t29-,30-,31?/m0/s1. The van der Waals surface area contributed by atoms with Crippen LogP contribution in [0.1, 0.15) is 68.6 Å². The highest BCUT2D eigenvalue weighted by atomic mass is 16.5. The molecule has 2 fully saturated rings. The molecule has 1 aliphatic carbocycles. The van der Waals surface area contributed by atoms with Gasteiger partial charge in [0.05, 0.1) is 6.10 Å². The van der Waals surface area contributed by atoms with Crippen LogP contribution in [0.15, 0.2) is 54.6 Å². The largest absolute Gasteiger partial charge is 0.378 e. The topological polar surface area (TPSA) is 15.7 Å². The lowest BCUT2D eigenvalue weighted by Crippen LogP contribution is -2.57. The van der Waals surface area contributed by atoms with Gasteiger partial charge in [-0.3, -0.25) is 4.90 Å². The number of hydrogen-bond acceptors (Lipinski definition) is 3. The van der Waals surface area contributed by atoms with Crippen LogP contribution < -0.4 is 0 Å². The van der Waals surface area contributed by atoms with Crippen molar-refractivity contribution < 1.29 is 4.74 Å². The molecule has 184 valence electrons. The number of hydrogen-bond donors (Lipinski definition) is 0. The van der Waals surface area contributed by atoms with Crippen molar-refractivity contribution in [2.75, 3.05) is 33.3 Å². The molecule has 0 radical (unpaired) electrons. The number of likely N-dealkylation sites (tertiary alicyclic amines) is 1. The highest BCUT2D eigenvalue weighted by Crippen LogP contribution is 2.54. The van der Waals surface area contributed by atoms with E-state index in [4.69, 9.17) is 4.74 Å². The third-order valence-electron chi connectivity index (χ3n) is 9.00. The molecular weight excluding hydrogens is 416 g/mol. The summed E-state index contributed by atoms with van der Waals surface area (Å²) < 4.78 is 6.65. The maximum absolute atomic E-state index is 6.65. The van der Waals surface area contributed by atoms with Gasteiger partial charge in [0.25, 0.3) is 0 Å². The predicted octanol–water partition coefficient (Wildman–Crippen LogP) is 6.27. The van der Waals surface area contributed by atoms with Crippen molar-refractivity contribution in [2.24, 2.45) is 11.8 Å². The van der Waals surface area contributed by atoms with Crippen LogP contribution in [0.2, 0.25) is 0 Å². The first-order valence-corrected chi connectivity index (χ1v) is 13.9. The second-order valence-corrected chi connectivity index (χ2v) is 11.2. The highest BCUT2D eigenvalue weighted by molar-refractivity contribution is 5.40. The van der Waals surface area contributed by atoms with Crippen LogP contribution in [-0.4, -0.2) is 49.2 Å². The summed E-state index contributed by atoms with van der Waals surface area (Å²) in [5.74, 6) is 1.36. The van der Waals surface area contributed by atoms with Crippen molar-refractivity contribution >= 4 is 0 Å². The number of rotatable bonds is 8. The van der Waals surface area contributed by atoms with Gasteiger partial charge in [-0.25, -0.2) is 0 Å². The molecule has 0 aromatic heterocycles. The molecule has 5 rings (SSSR count). The maximum atomic E-state index is 6.65. The molecule has 3 nitrogen and oxygen atoms in total. The molecule has 0 amide bonds. The van der Waals surface area contributed by atoms with Gasteiger partial charge in [0.2, 0.25) is 0 Å². The molecule has 2 aromatic rings. The van der Waals surface area contributed by atoms with Crippen molar-refractivity contribution in [1.82, 2.24) is 9.80 Å². The summed E-state index contributed by atoms with van der Waals surface area (Å²) in [4.78, 5) is 5.29.